The second-order valence-electron chi connectivity index (χ2n) is 5.32. The average Bonchev–Trinajstić information content (AvgIpc) is 3.16. The van der Waals surface area contributed by atoms with Crippen LogP contribution >= 0.6 is 34.7 Å². The first-order chi connectivity index (χ1) is 11.1. The molecule has 23 heavy (non-hydrogen) atoms. The highest BCUT2D eigenvalue weighted by Gasteiger charge is 2.11. The maximum Gasteiger partial charge on any atom is 0.209 e. The maximum atomic E-state index is 5.91. The molecule has 5 nitrogen and oxygen atoms in total. The summed E-state index contributed by atoms with van der Waals surface area (Å²) in [6.07, 6.45) is 0.830. The topological polar surface area (TPSA) is 56.5 Å². The molecule has 2 heterocycles. The highest BCUT2D eigenvalue weighted by atomic mass is 35.5. The highest BCUT2D eigenvalue weighted by molar-refractivity contribution is 7.98. The molecule has 0 radical (unpaired) electrons. The Balaban J connectivity index is 1.61. The average molecular weight is 366 g/mol. The van der Waals surface area contributed by atoms with Gasteiger partial charge in [-0.25, -0.2) is 9.67 Å². The minimum Gasteiger partial charge on any atom is -0.245 e. The number of halogens is 1. The Bertz CT molecular complexity index is 766. The van der Waals surface area contributed by atoms with Gasteiger partial charge in [0.2, 0.25) is 5.16 Å². The summed E-state index contributed by atoms with van der Waals surface area (Å²) in [7, 11) is 0. The fourth-order valence-electron chi connectivity index (χ4n) is 2.02. The molecule has 3 rings (SSSR count). The van der Waals surface area contributed by atoms with E-state index in [2.05, 4.69) is 39.7 Å². The van der Waals surface area contributed by atoms with Crippen LogP contribution in [0, 0.1) is 0 Å². The number of nitrogens with zero attached hydrogens (tertiary/aromatic N) is 5. The van der Waals surface area contributed by atoms with Crippen LogP contribution in [0.2, 0.25) is 5.02 Å². The van der Waals surface area contributed by atoms with Crippen molar-refractivity contribution in [1.82, 2.24) is 25.2 Å². The van der Waals surface area contributed by atoms with Crippen molar-refractivity contribution in [3.63, 3.8) is 0 Å². The van der Waals surface area contributed by atoms with Crippen molar-refractivity contribution in [2.75, 3.05) is 0 Å². The van der Waals surface area contributed by atoms with E-state index in [1.807, 2.05) is 28.9 Å². The van der Waals surface area contributed by atoms with Gasteiger partial charge in [-0.15, -0.1) is 16.4 Å². The van der Waals surface area contributed by atoms with E-state index in [9.17, 15) is 0 Å². The van der Waals surface area contributed by atoms with Gasteiger partial charge in [0.05, 0.1) is 16.7 Å². The molecule has 0 N–H and O–H groups in total. The summed E-state index contributed by atoms with van der Waals surface area (Å²) >= 11 is 9.20. The van der Waals surface area contributed by atoms with Crippen LogP contribution in [0.3, 0.4) is 0 Å². The molecule has 1 aromatic carbocycles. The van der Waals surface area contributed by atoms with E-state index in [-0.39, 0.29) is 6.04 Å². The van der Waals surface area contributed by atoms with Gasteiger partial charge in [0.15, 0.2) is 0 Å². The van der Waals surface area contributed by atoms with Gasteiger partial charge in [-0.05, 0) is 42.0 Å². The first-order valence-electron chi connectivity index (χ1n) is 7.20. The standard InChI is InChI=1S/C15H16ClN5S2/c1-10(2)21-15(18-19-20-21)23-9-13-8-22-14(17-13)7-11-3-5-12(16)6-4-11/h3-6,8,10H,7,9H2,1-2H3. The summed E-state index contributed by atoms with van der Waals surface area (Å²) < 4.78 is 1.83. The van der Waals surface area contributed by atoms with Crippen LogP contribution < -0.4 is 0 Å². The monoisotopic (exact) mass is 365 g/mol. The number of tetrazole rings is 1. The van der Waals surface area contributed by atoms with Crippen molar-refractivity contribution < 1.29 is 0 Å². The predicted octanol–water partition coefficient (Wildman–Crippen LogP) is 4.25. The smallest absolute Gasteiger partial charge is 0.209 e. The molecular weight excluding hydrogens is 350 g/mol. The van der Waals surface area contributed by atoms with E-state index < -0.39 is 0 Å². The predicted molar refractivity (Wildman–Crippen MR) is 94.1 cm³/mol. The van der Waals surface area contributed by atoms with Crippen molar-refractivity contribution in [2.24, 2.45) is 0 Å². The summed E-state index contributed by atoms with van der Waals surface area (Å²) in [5.41, 5.74) is 2.27. The SMILES string of the molecule is CC(C)n1nnnc1SCc1csc(Cc2ccc(Cl)cc2)n1. The van der Waals surface area contributed by atoms with Gasteiger partial charge < -0.3 is 0 Å². The minimum atomic E-state index is 0.253. The first kappa shape index (κ1) is 16.4. The Morgan fingerprint density at radius 2 is 2.04 bits per heavy atom. The Kier molecular flexibility index (Phi) is 5.30. The van der Waals surface area contributed by atoms with E-state index in [0.717, 1.165) is 33.1 Å². The van der Waals surface area contributed by atoms with Crippen molar-refractivity contribution >= 4 is 34.7 Å². The molecule has 0 atom stereocenters. The molecule has 0 aliphatic rings. The second-order valence-corrected chi connectivity index (χ2v) is 7.65. The number of aromatic nitrogens is 5. The third-order valence-electron chi connectivity index (χ3n) is 3.17. The summed E-state index contributed by atoms with van der Waals surface area (Å²) in [5.74, 6) is 0.768. The van der Waals surface area contributed by atoms with Crippen molar-refractivity contribution in [3.05, 3.63) is 50.9 Å². The van der Waals surface area contributed by atoms with E-state index in [1.165, 1.54) is 5.56 Å². The van der Waals surface area contributed by atoms with E-state index >= 15 is 0 Å². The van der Waals surface area contributed by atoms with Gasteiger partial charge in [-0.1, -0.05) is 35.5 Å². The van der Waals surface area contributed by atoms with Crippen LogP contribution in [0.25, 0.3) is 0 Å². The highest BCUT2D eigenvalue weighted by Crippen LogP contribution is 2.24. The van der Waals surface area contributed by atoms with Crippen LogP contribution in [-0.2, 0) is 12.2 Å². The molecule has 2 aromatic heterocycles. The van der Waals surface area contributed by atoms with Gasteiger partial charge in [0.1, 0.15) is 0 Å². The van der Waals surface area contributed by atoms with Gasteiger partial charge in [0, 0.05) is 22.6 Å². The molecule has 8 heteroatoms. The van der Waals surface area contributed by atoms with E-state index in [4.69, 9.17) is 11.6 Å². The van der Waals surface area contributed by atoms with Gasteiger partial charge in [0.25, 0.3) is 0 Å². The summed E-state index contributed by atoms with van der Waals surface area (Å²) in [4.78, 5) is 4.69. The Labute approximate surface area is 148 Å². The quantitative estimate of drug-likeness (QED) is 0.611. The van der Waals surface area contributed by atoms with Crippen molar-refractivity contribution in [3.8, 4) is 0 Å². The molecule has 0 aliphatic heterocycles. The lowest BCUT2D eigenvalue weighted by molar-refractivity contribution is 0.477. The maximum absolute atomic E-state index is 5.91. The normalized spacial score (nSPS) is 11.3. The van der Waals surface area contributed by atoms with Crippen LogP contribution in [0.15, 0.2) is 34.8 Å². The van der Waals surface area contributed by atoms with Gasteiger partial charge in [-0.2, -0.15) is 0 Å². The zero-order valence-corrected chi connectivity index (χ0v) is 15.2. The Morgan fingerprint density at radius 3 is 2.78 bits per heavy atom. The Morgan fingerprint density at radius 1 is 1.26 bits per heavy atom. The molecule has 0 saturated heterocycles. The molecule has 0 aliphatic carbocycles. The van der Waals surface area contributed by atoms with Gasteiger partial charge >= 0.3 is 0 Å². The molecule has 0 saturated carbocycles. The summed E-state index contributed by atoms with van der Waals surface area (Å²) in [6.45, 7) is 4.13. The molecule has 0 bridgehead atoms. The van der Waals surface area contributed by atoms with Gasteiger partial charge in [-0.3, -0.25) is 0 Å². The third-order valence-corrected chi connectivity index (χ3v) is 5.29. The van der Waals surface area contributed by atoms with E-state index in [1.54, 1.807) is 23.1 Å². The molecule has 120 valence electrons. The number of thiazole rings is 1. The lowest BCUT2D eigenvalue weighted by atomic mass is 10.2. The zero-order valence-electron chi connectivity index (χ0n) is 12.8. The first-order valence-corrected chi connectivity index (χ1v) is 9.44. The molecule has 0 spiro atoms. The molecule has 0 unspecified atom stereocenters. The molecule has 0 fully saturated rings. The third kappa shape index (κ3) is 4.31. The lowest BCUT2D eigenvalue weighted by Gasteiger charge is -2.05. The van der Waals surface area contributed by atoms with Crippen LogP contribution in [-0.4, -0.2) is 25.2 Å². The van der Waals surface area contributed by atoms with Crippen LogP contribution in [0.1, 0.15) is 36.2 Å². The summed E-state index contributed by atoms with van der Waals surface area (Å²) in [6, 6.07) is 8.15. The van der Waals surface area contributed by atoms with Crippen molar-refractivity contribution in [1.29, 1.82) is 0 Å². The fraction of sp³-hybridized carbons (Fsp3) is 0.333. The number of rotatable bonds is 6. The minimum absolute atomic E-state index is 0.253. The van der Waals surface area contributed by atoms with Crippen LogP contribution in [0.5, 0.6) is 0 Å². The Hall–Kier alpha value is -1.44. The number of thioether (sulfide) groups is 1. The molecule has 3 aromatic rings. The molecule has 0 amide bonds. The lowest BCUT2D eigenvalue weighted by Crippen LogP contribution is -2.04. The second kappa shape index (κ2) is 7.42. The number of hydrogen-bond donors (Lipinski definition) is 0. The zero-order chi connectivity index (χ0) is 16.2. The largest absolute Gasteiger partial charge is 0.245 e. The van der Waals surface area contributed by atoms with Crippen LogP contribution in [0.4, 0.5) is 0 Å². The van der Waals surface area contributed by atoms with Crippen molar-refractivity contribution in [2.45, 2.75) is 37.2 Å². The fourth-order valence-corrected chi connectivity index (χ4v) is 3.97. The van der Waals surface area contributed by atoms with E-state index in [0.29, 0.717) is 0 Å². The summed E-state index contributed by atoms with van der Waals surface area (Å²) in [5, 5.41) is 16.6. The number of hydrogen-bond acceptors (Lipinski definition) is 6. The molecular formula is C15H16ClN5S2. The number of benzene rings is 1.